The van der Waals surface area contributed by atoms with Gasteiger partial charge in [-0.15, -0.1) is 0 Å². The van der Waals surface area contributed by atoms with Crippen LogP contribution in [-0.4, -0.2) is 19.2 Å². The maximum atomic E-state index is 12.0. The topological polar surface area (TPSA) is 50.7 Å². The van der Waals surface area contributed by atoms with E-state index in [0.717, 1.165) is 26.9 Å². The first-order valence-corrected chi connectivity index (χ1v) is 8.00. The van der Waals surface area contributed by atoms with Crippen molar-refractivity contribution in [2.45, 2.75) is 20.3 Å². The summed E-state index contributed by atoms with van der Waals surface area (Å²) in [4.78, 5) is 12.0. The van der Waals surface area contributed by atoms with Gasteiger partial charge in [0.15, 0.2) is 0 Å². The SMILES string of the molecule is COc1ccc(/C=N\NC(=O)Cc2ccc(C)cc2C)cc1Br. The molecule has 0 aliphatic heterocycles. The van der Waals surface area contributed by atoms with Crippen molar-refractivity contribution in [2.24, 2.45) is 5.10 Å². The lowest BCUT2D eigenvalue weighted by Crippen LogP contribution is -2.20. The molecule has 0 aliphatic carbocycles. The minimum absolute atomic E-state index is 0.138. The number of nitrogens with one attached hydrogen (secondary N) is 1. The van der Waals surface area contributed by atoms with Crippen LogP contribution in [0, 0.1) is 13.8 Å². The molecule has 1 amide bonds. The molecule has 0 saturated carbocycles. The van der Waals surface area contributed by atoms with E-state index in [2.05, 4.69) is 32.5 Å². The Balaban J connectivity index is 1.94. The molecular weight excluding hydrogens is 356 g/mol. The van der Waals surface area contributed by atoms with E-state index >= 15 is 0 Å². The summed E-state index contributed by atoms with van der Waals surface area (Å²) in [6, 6.07) is 11.6. The molecule has 1 N–H and O–H groups in total. The third-order valence-electron chi connectivity index (χ3n) is 3.43. The minimum Gasteiger partial charge on any atom is -0.496 e. The van der Waals surface area contributed by atoms with E-state index < -0.39 is 0 Å². The highest BCUT2D eigenvalue weighted by molar-refractivity contribution is 9.10. The lowest BCUT2D eigenvalue weighted by Gasteiger charge is -2.06. The van der Waals surface area contributed by atoms with Gasteiger partial charge in [-0.2, -0.15) is 5.10 Å². The Kier molecular flexibility index (Phi) is 5.93. The summed E-state index contributed by atoms with van der Waals surface area (Å²) in [5.41, 5.74) is 6.73. The van der Waals surface area contributed by atoms with Crippen molar-refractivity contribution in [3.63, 3.8) is 0 Å². The fourth-order valence-corrected chi connectivity index (χ4v) is 2.76. The zero-order valence-electron chi connectivity index (χ0n) is 13.4. The fraction of sp³-hybridized carbons (Fsp3) is 0.222. The molecule has 5 heteroatoms. The Labute approximate surface area is 144 Å². The van der Waals surface area contributed by atoms with Gasteiger partial charge in [-0.05, 0) is 64.7 Å². The van der Waals surface area contributed by atoms with Crippen LogP contribution in [0.4, 0.5) is 0 Å². The Morgan fingerprint density at radius 1 is 1.26 bits per heavy atom. The molecule has 0 unspecified atom stereocenters. The Bertz CT molecular complexity index is 742. The standard InChI is InChI=1S/C18H19BrN2O2/c1-12-4-6-15(13(2)8-12)10-18(22)21-20-11-14-5-7-17(23-3)16(19)9-14/h4-9,11H,10H2,1-3H3,(H,21,22)/b20-11-. The minimum atomic E-state index is -0.138. The molecule has 0 atom stereocenters. The maximum absolute atomic E-state index is 12.0. The molecular formula is C18H19BrN2O2. The smallest absolute Gasteiger partial charge is 0.244 e. The van der Waals surface area contributed by atoms with E-state index in [9.17, 15) is 4.79 Å². The van der Waals surface area contributed by atoms with Gasteiger partial charge in [-0.3, -0.25) is 4.79 Å². The van der Waals surface area contributed by atoms with Gasteiger partial charge in [-0.1, -0.05) is 23.8 Å². The molecule has 0 fully saturated rings. The molecule has 2 rings (SSSR count). The Morgan fingerprint density at radius 2 is 2.04 bits per heavy atom. The van der Waals surface area contributed by atoms with Crippen LogP contribution in [0.25, 0.3) is 0 Å². The van der Waals surface area contributed by atoms with E-state index in [1.165, 1.54) is 5.56 Å². The van der Waals surface area contributed by atoms with E-state index in [0.29, 0.717) is 6.42 Å². The maximum Gasteiger partial charge on any atom is 0.244 e. The highest BCUT2D eigenvalue weighted by atomic mass is 79.9. The molecule has 0 aromatic heterocycles. The lowest BCUT2D eigenvalue weighted by molar-refractivity contribution is -0.120. The number of aryl methyl sites for hydroxylation is 2. The highest BCUT2D eigenvalue weighted by Crippen LogP contribution is 2.24. The van der Waals surface area contributed by atoms with Crippen molar-refractivity contribution in [1.29, 1.82) is 0 Å². The van der Waals surface area contributed by atoms with Gasteiger partial charge < -0.3 is 4.74 Å². The summed E-state index contributed by atoms with van der Waals surface area (Å²) in [6.45, 7) is 4.04. The van der Waals surface area contributed by atoms with Crippen molar-refractivity contribution in [3.8, 4) is 5.75 Å². The van der Waals surface area contributed by atoms with Gasteiger partial charge in [0.2, 0.25) is 5.91 Å². The molecule has 0 spiro atoms. The van der Waals surface area contributed by atoms with Crippen LogP contribution in [-0.2, 0) is 11.2 Å². The van der Waals surface area contributed by atoms with Crippen LogP contribution in [0.15, 0.2) is 46.0 Å². The number of halogens is 1. The second-order valence-corrected chi connectivity index (χ2v) is 6.15. The average molecular weight is 375 g/mol. The van der Waals surface area contributed by atoms with Crippen LogP contribution in [0.3, 0.4) is 0 Å². The molecule has 2 aromatic rings. The van der Waals surface area contributed by atoms with Crippen LogP contribution in [0.5, 0.6) is 5.75 Å². The number of carbonyl (C=O) groups excluding carboxylic acids is 1. The van der Waals surface area contributed by atoms with E-state index in [-0.39, 0.29) is 5.91 Å². The monoisotopic (exact) mass is 374 g/mol. The third kappa shape index (κ3) is 4.93. The summed E-state index contributed by atoms with van der Waals surface area (Å²) >= 11 is 3.41. The first-order chi connectivity index (χ1) is 11.0. The summed E-state index contributed by atoms with van der Waals surface area (Å²) < 4.78 is 6.01. The number of ether oxygens (including phenoxy) is 1. The number of rotatable bonds is 5. The van der Waals surface area contributed by atoms with Crippen molar-refractivity contribution >= 4 is 28.1 Å². The molecule has 0 radical (unpaired) electrons. The van der Waals surface area contributed by atoms with Gasteiger partial charge in [0, 0.05) is 0 Å². The molecule has 120 valence electrons. The van der Waals surface area contributed by atoms with Gasteiger partial charge in [-0.25, -0.2) is 5.43 Å². The average Bonchev–Trinajstić information content (AvgIpc) is 2.50. The first-order valence-electron chi connectivity index (χ1n) is 7.21. The highest BCUT2D eigenvalue weighted by Gasteiger charge is 2.05. The summed E-state index contributed by atoms with van der Waals surface area (Å²) in [7, 11) is 1.61. The Hall–Kier alpha value is -2.14. The van der Waals surface area contributed by atoms with Crippen LogP contribution in [0.1, 0.15) is 22.3 Å². The zero-order chi connectivity index (χ0) is 16.8. The van der Waals surface area contributed by atoms with Crippen LogP contribution in [0.2, 0.25) is 0 Å². The summed E-state index contributed by atoms with van der Waals surface area (Å²) in [6.07, 6.45) is 1.92. The van der Waals surface area contributed by atoms with Gasteiger partial charge in [0.05, 0.1) is 24.2 Å². The summed E-state index contributed by atoms with van der Waals surface area (Å²) in [5.74, 6) is 0.613. The molecule has 0 aliphatic rings. The number of amides is 1. The predicted octanol–water partition coefficient (Wildman–Crippen LogP) is 3.77. The van der Waals surface area contributed by atoms with Gasteiger partial charge in [0.25, 0.3) is 0 Å². The van der Waals surface area contributed by atoms with E-state index in [1.807, 2.05) is 44.2 Å². The van der Waals surface area contributed by atoms with Crippen molar-refractivity contribution in [2.75, 3.05) is 7.11 Å². The van der Waals surface area contributed by atoms with E-state index in [1.54, 1.807) is 13.3 Å². The number of carbonyl (C=O) groups is 1. The molecule has 4 nitrogen and oxygen atoms in total. The fourth-order valence-electron chi connectivity index (χ4n) is 2.20. The first kappa shape index (κ1) is 17.2. The van der Waals surface area contributed by atoms with Gasteiger partial charge >= 0.3 is 0 Å². The number of hydrogen-bond donors (Lipinski definition) is 1. The zero-order valence-corrected chi connectivity index (χ0v) is 15.0. The van der Waals surface area contributed by atoms with Crippen molar-refractivity contribution in [1.82, 2.24) is 5.43 Å². The van der Waals surface area contributed by atoms with E-state index in [4.69, 9.17) is 4.74 Å². The quantitative estimate of drug-likeness (QED) is 0.639. The largest absolute Gasteiger partial charge is 0.496 e. The van der Waals surface area contributed by atoms with Crippen LogP contribution >= 0.6 is 15.9 Å². The van der Waals surface area contributed by atoms with Crippen molar-refractivity contribution < 1.29 is 9.53 Å². The third-order valence-corrected chi connectivity index (χ3v) is 4.05. The number of hydrogen-bond acceptors (Lipinski definition) is 3. The molecule has 0 bridgehead atoms. The predicted molar refractivity (Wildman–Crippen MR) is 96.1 cm³/mol. The van der Waals surface area contributed by atoms with Crippen molar-refractivity contribution in [3.05, 3.63) is 63.1 Å². The molecule has 0 saturated heterocycles. The number of benzene rings is 2. The Morgan fingerprint density at radius 3 is 2.70 bits per heavy atom. The number of hydrazone groups is 1. The second-order valence-electron chi connectivity index (χ2n) is 5.29. The number of methoxy groups -OCH3 is 1. The lowest BCUT2D eigenvalue weighted by atomic mass is 10.0. The molecule has 0 heterocycles. The normalized spacial score (nSPS) is 10.8. The molecule has 2 aromatic carbocycles. The number of nitrogens with zero attached hydrogens (tertiary/aromatic N) is 1. The molecule has 23 heavy (non-hydrogen) atoms. The van der Waals surface area contributed by atoms with Crippen LogP contribution < -0.4 is 10.2 Å². The summed E-state index contributed by atoms with van der Waals surface area (Å²) in [5, 5.41) is 4.00. The van der Waals surface area contributed by atoms with Gasteiger partial charge in [0.1, 0.15) is 5.75 Å². The second kappa shape index (κ2) is 7.92.